The maximum absolute atomic E-state index is 9.70. The summed E-state index contributed by atoms with van der Waals surface area (Å²) in [5, 5.41) is 10.3. The van der Waals surface area contributed by atoms with E-state index >= 15 is 0 Å². The molecule has 0 saturated heterocycles. The lowest BCUT2D eigenvalue weighted by Gasteiger charge is -2.20. The second kappa shape index (κ2) is 6.14. The van der Waals surface area contributed by atoms with E-state index in [0.29, 0.717) is 10.6 Å². The van der Waals surface area contributed by atoms with Gasteiger partial charge in [0.15, 0.2) is 0 Å². The van der Waals surface area contributed by atoms with Gasteiger partial charge in [-0.3, -0.25) is 0 Å². The van der Waals surface area contributed by atoms with E-state index in [1.165, 1.54) is 0 Å². The number of hydrogen-bond donors (Lipinski definition) is 1. The lowest BCUT2D eigenvalue weighted by Crippen LogP contribution is -2.29. The van der Waals surface area contributed by atoms with Gasteiger partial charge in [0.05, 0.1) is 5.56 Å². The highest BCUT2D eigenvalue weighted by Gasteiger charge is 2.24. The summed E-state index contributed by atoms with van der Waals surface area (Å²) in [7, 11) is -1.46. The van der Waals surface area contributed by atoms with Gasteiger partial charge in [0, 0.05) is 5.02 Å². The second-order valence-electron chi connectivity index (χ2n) is 4.25. The number of benzene rings is 1. The SMILES string of the molecule is CC[Si](C#Cc1cc(Cl)ccc1O)(CC)CC. The zero-order valence-electron chi connectivity index (χ0n) is 10.7. The van der Waals surface area contributed by atoms with Crippen LogP contribution in [0.3, 0.4) is 0 Å². The van der Waals surface area contributed by atoms with E-state index in [1.807, 2.05) is 0 Å². The third kappa shape index (κ3) is 3.52. The molecule has 3 heteroatoms. The summed E-state index contributed by atoms with van der Waals surface area (Å²) >= 11 is 5.90. The quantitative estimate of drug-likeness (QED) is 0.633. The molecule has 17 heavy (non-hydrogen) atoms. The molecule has 0 atom stereocenters. The summed E-state index contributed by atoms with van der Waals surface area (Å²) < 4.78 is 0. The molecule has 1 rings (SSSR count). The Bertz CT molecular complexity index is 433. The maximum atomic E-state index is 9.70. The van der Waals surface area contributed by atoms with Crippen molar-refractivity contribution in [3.63, 3.8) is 0 Å². The molecule has 0 aliphatic heterocycles. The lowest BCUT2D eigenvalue weighted by molar-refractivity contribution is 0.474. The van der Waals surface area contributed by atoms with Gasteiger partial charge in [-0.1, -0.05) is 38.3 Å². The zero-order valence-corrected chi connectivity index (χ0v) is 12.4. The smallest absolute Gasteiger partial charge is 0.138 e. The lowest BCUT2D eigenvalue weighted by atomic mass is 10.2. The highest BCUT2D eigenvalue weighted by molar-refractivity contribution is 6.87. The van der Waals surface area contributed by atoms with Gasteiger partial charge in [-0.2, -0.15) is 0 Å². The summed E-state index contributed by atoms with van der Waals surface area (Å²) in [5.41, 5.74) is 4.08. The van der Waals surface area contributed by atoms with Crippen LogP contribution in [-0.2, 0) is 0 Å². The van der Waals surface area contributed by atoms with Gasteiger partial charge in [0.25, 0.3) is 0 Å². The monoisotopic (exact) mass is 266 g/mol. The van der Waals surface area contributed by atoms with E-state index < -0.39 is 8.07 Å². The van der Waals surface area contributed by atoms with Crippen molar-refractivity contribution in [2.45, 2.75) is 38.9 Å². The van der Waals surface area contributed by atoms with Crippen LogP contribution >= 0.6 is 11.6 Å². The van der Waals surface area contributed by atoms with Crippen molar-refractivity contribution in [1.82, 2.24) is 0 Å². The molecule has 0 radical (unpaired) electrons. The molecule has 0 unspecified atom stereocenters. The molecule has 1 aromatic rings. The van der Waals surface area contributed by atoms with Crippen LogP contribution in [0.4, 0.5) is 0 Å². The van der Waals surface area contributed by atoms with Crippen LogP contribution in [0.5, 0.6) is 5.75 Å². The van der Waals surface area contributed by atoms with Gasteiger partial charge in [0.1, 0.15) is 13.8 Å². The topological polar surface area (TPSA) is 20.2 Å². The minimum atomic E-state index is -1.46. The molecule has 0 amide bonds. The van der Waals surface area contributed by atoms with Gasteiger partial charge >= 0.3 is 0 Å². The van der Waals surface area contributed by atoms with Crippen molar-refractivity contribution >= 4 is 19.7 Å². The molecule has 0 spiro atoms. The minimum absolute atomic E-state index is 0.216. The van der Waals surface area contributed by atoms with Crippen molar-refractivity contribution in [2.24, 2.45) is 0 Å². The number of aromatic hydroxyl groups is 1. The molecule has 0 fully saturated rings. The first kappa shape index (κ1) is 14.1. The maximum Gasteiger partial charge on any atom is 0.138 e. The third-order valence-electron chi connectivity index (χ3n) is 3.45. The van der Waals surface area contributed by atoms with Crippen molar-refractivity contribution < 1.29 is 5.11 Å². The first-order chi connectivity index (χ1) is 8.06. The van der Waals surface area contributed by atoms with Crippen LogP contribution in [-0.4, -0.2) is 13.2 Å². The second-order valence-corrected chi connectivity index (χ2v) is 9.62. The Morgan fingerprint density at radius 1 is 1.18 bits per heavy atom. The minimum Gasteiger partial charge on any atom is -0.507 e. The first-order valence-corrected chi connectivity index (χ1v) is 9.08. The average molecular weight is 267 g/mol. The molecule has 1 N–H and O–H groups in total. The Labute approximate surface area is 110 Å². The molecule has 92 valence electrons. The van der Waals surface area contributed by atoms with Gasteiger partial charge < -0.3 is 5.11 Å². The van der Waals surface area contributed by atoms with Crippen molar-refractivity contribution in [1.29, 1.82) is 0 Å². The van der Waals surface area contributed by atoms with Crippen LogP contribution in [0, 0.1) is 11.5 Å². The summed E-state index contributed by atoms with van der Waals surface area (Å²) in [5.74, 6) is 3.34. The predicted molar refractivity (Wildman–Crippen MR) is 77.2 cm³/mol. The van der Waals surface area contributed by atoms with Gasteiger partial charge in [-0.15, -0.1) is 5.54 Å². The molecule has 0 saturated carbocycles. The number of hydrogen-bond acceptors (Lipinski definition) is 1. The van der Waals surface area contributed by atoms with Gasteiger partial charge in [-0.25, -0.2) is 0 Å². The van der Waals surface area contributed by atoms with Crippen molar-refractivity contribution in [3.05, 3.63) is 28.8 Å². The number of phenols is 1. The third-order valence-corrected chi connectivity index (χ3v) is 8.40. The Kier molecular flexibility index (Phi) is 5.11. The number of phenolic OH excluding ortho intramolecular Hbond substituents is 1. The molecule has 0 bridgehead atoms. The van der Waals surface area contributed by atoms with Gasteiger partial charge in [0.2, 0.25) is 0 Å². The van der Waals surface area contributed by atoms with E-state index in [2.05, 4.69) is 32.2 Å². The average Bonchev–Trinajstić information content (AvgIpc) is 2.35. The predicted octanol–water partition coefficient (Wildman–Crippen LogP) is 4.44. The molecule has 0 heterocycles. The van der Waals surface area contributed by atoms with E-state index in [-0.39, 0.29) is 5.75 Å². The largest absolute Gasteiger partial charge is 0.507 e. The number of rotatable bonds is 3. The molecule has 1 nitrogen and oxygen atoms in total. The van der Waals surface area contributed by atoms with E-state index in [1.54, 1.807) is 18.2 Å². The highest BCUT2D eigenvalue weighted by Crippen LogP contribution is 2.22. The fourth-order valence-electron chi connectivity index (χ4n) is 1.82. The fraction of sp³-hybridized carbons (Fsp3) is 0.429. The Morgan fingerprint density at radius 3 is 2.29 bits per heavy atom. The number of halogens is 1. The van der Waals surface area contributed by atoms with E-state index in [4.69, 9.17) is 11.6 Å². The van der Waals surface area contributed by atoms with E-state index in [0.717, 1.165) is 18.1 Å². The van der Waals surface area contributed by atoms with E-state index in [9.17, 15) is 5.11 Å². The Hall–Kier alpha value is -0.913. The van der Waals surface area contributed by atoms with Crippen molar-refractivity contribution in [2.75, 3.05) is 0 Å². The Balaban J connectivity index is 3.08. The summed E-state index contributed by atoms with van der Waals surface area (Å²) in [4.78, 5) is 0. The van der Waals surface area contributed by atoms with Crippen LogP contribution in [0.15, 0.2) is 18.2 Å². The van der Waals surface area contributed by atoms with Crippen LogP contribution in [0.1, 0.15) is 26.3 Å². The molecule has 0 aliphatic carbocycles. The Morgan fingerprint density at radius 2 is 1.76 bits per heavy atom. The molecular formula is C14H19ClOSi. The summed E-state index contributed by atoms with van der Waals surface area (Å²) in [6.07, 6.45) is 0. The van der Waals surface area contributed by atoms with Crippen molar-refractivity contribution in [3.8, 4) is 17.2 Å². The van der Waals surface area contributed by atoms with Gasteiger partial charge in [-0.05, 0) is 36.3 Å². The van der Waals surface area contributed by atoms with Crippen LogP contribution in [0.2, 0.25) is 23.2 Å². The van der Waals surface area contributed by atoms with Crippen LogP contribution in [0.25, 0.3) is 0 Å². The standard InChI is InChI=1S/C14H19ClOSi/c1-4-17(5-2,6-3)10-9-12-11-13(15)7-8-14(12)16/h7-8,11,16H,4-6H2,1-3H3. The van der Waals surface area contributed by atoms with Crippen LogP contribution < -0.4 is 0 Å². The first-order valence-electron chi connectivity index (χ1n) is 6.08. The molecule has 1 aromatic carbocycles. The zero-order chi connectivity index (χ0) is 12.9. The molecule has 0 aliphatic rings. The molecule has 0 aromatic heterocycles. The highest BCUT2D eigenvalue weighted by atomic mass is 35.5. The normalized spacial score (nSPS) is 10.8. The fourth-order valence-corrected chi connectivity index (χ4v) is 4.43. The summed E-state index contributed by atoms with van der Waals surface area (Å²) in [6.45, 7) is 6.64. The molecular weight excluding hydrogens is 248 g/mol. The summed E-state index contributed by atoms with van der Waals surface area (Å²) in [6, 6.07) is 8.48.